The van der Waals surface area contributed by atoms with Crippen molar-refractivity contribution in [3.63, 3.8) is 0 Å². The summed E-state index contributed by atoms with van der Waals surface area (Å²) in [6.07, 6.45) is 2.28. The normalized spacial score (nSPS) is 21.8. The Morgan fingerprint density at radius 3 is 2.74 bits per heavy atom. The Balaban J connectivity index is 0.00000107. The van der Waals surface area contributed by atoms with Crippen LogP contribution >= 0.6 is 0 Å². The van der Waals surface area contributed by atoms with Crippen LogP contribution in [-0.2, 0) is 21.2 Å². The maximum atomic E-state index is 14.1. The lowest BCUT2D eigenvalue weighted by molar-refractivity contribution is -0.122. The molecule has 2 heterocycles. The van der Waals surface area contributed by atoms with Crippen LogP contribution in [0.5, 0.6) is 5.75 Å². The predicted octanol–water partition coefficient (Wildman–Crippen LogP) is 2.75. The summed E-state index contributed by atoms with van der Waals surface area (Å²) >= 11 is 0. The standard InChI is InChI=1S/C25H30FN3O5S.CH2O2/c1-2-29-10-8-18(13-29)27-9-7-15-11-17(26)3-6-22(15)35(32,33)28-21-5-4-19-20-12-16(20)14-34-24(19)23(21)25(30)31;2-1-3/h3-6,11,16,18,20,27-28H,2,7-10,12-14H2,1H3,(H,30,31);1H,(H,2,3)/t16-,18+,20-;/m0./s1. The predicted molar refractivity (Wildman–Crippen MR) is 138 cm³/mol. The van der Waals surface area contributed by atoms with Crippen LogP contribution in [0.15, 0.2) is 35.2 Å². The lowest BCUT2D eigenvalue weighted by Crippen LogP contribution is -2.34. The number of aromatic carboxylic acids is 1. The molecule has 2 aromatic rings. The van der Waals surface area contributed by atoms with Crippen LogP contribution in [0.3, 0.4) is 0 Å². The number of hydrogen-bond acceptors (Lipinski definition) is 7. The Bertz CT molecular complexity index is 1300. The second-order valence-corrected chi connectivity index (χ2v) is 11.3. The quantitative estimate of drug-likeness (QED) is 0.347. The summed E-state index contributed by atoms with van der Waals surface area (Å²) in [6.45, 7) is 5.75. The van der Waals surface area contributed by atoms with Gasteiger partial charge in [0.25, 0.3) is 16.5 Å². The van der Waals surface area contributed by atoms with E-state index in [9.17, 15) is 22.7 Å². The summed E-state index contributed by atoms with van der Waals surface area (Å²) < 4.78 is 48.9. The Kier molecular flexibility index (Phi) is 8.54. The van der Waals surface area contributed by atoms with Crippen LogP contribution in [0.2, 0.25) is 0 Å². The van der Waals surface area contributed by atoms with Crippen molar-refractivity contribution in [2.75, 3.05) is 37.5 Å². The SMILES string of the molecule is CCN1CC[C@@H](NCCc2cc(F)ccc2S(=O)(=O)Nc2ccc3c(c2C(=O)O)OC[C@@H]2C[C@H]32)C1.O=CO. The first-order chi connectivity index (χ1) is 18.2. The second-order valence-electron chi connectivity index (χ2n) is 9.67. The zero-order valence-corrected chi connectivity index (χ0v) is 21.8. The summed E-state index contributed by atoms with van der Waals surface area (Å²) in [4.78, 5) is 22.7. The number of hydrogen-bond donors (Lipinski definition) is 4. The van der Waals surface area contributed by atoms with E-state index in [1.165, 1.54) is 18.2 Å². The summed E-state index contributed by atoms with van der Waals surface area (Å²) in [5.41, 5.74) is 0.892. The maximum absolute atomic E-state index is 14.1. The maximum Gasteiger partial charge on any atom is 0.341 e. The number of carbonyl (C=O) groups is 2. The Labute approximate surface area is 220 Å². The van der Waals surface area contributed by atoms with Crippen LogP contribution in [-0.4, -0.2) is 74.8 Å². The zero-order valence-electron chi connectivity index (χ0n) is 21.0. The Morgan fingerprint density at radius 2 is 2.05 bits per heavy atom. The first-order valence-electron chi connectivity index (χ1n) is 12.6. The van der Waals surface area contributed by atoms with Gasteiger partial charge in [-0.3, -0.25) is 9.52 Å². The molecule has 0 bridgehead atoms. The summed E-state index contributed by atoms with van der Waals surface area (Å²) in [6, 6.07) is 7.09. The topological polar surface area (TPSA) is 145 Å². The van der Waals surface area contributed by atoms with E-state index >= 15 is 0 Å². The lowest BCUT2D eigenvalue weighted by Gasteiger charge is -2.21. The molecule has 10 nitrogen and oxygen atoms in total. The minimum atomic E-state index is -4.18. The largest absolute Gasteiger partial charge is 0.492 e. The van der Waals surface area contributed by atoms with Crippen molar-refractivity contribution in [2.24, 2.45) is 5.92 Å². The van der Waals surface area contributed by atoms with Crippen molar-refractivity contribution in [2.45, 2.75) is 43.0 Å². The highest BCUT2D eigenvalue weighted by atomic mass is 32.2. The summed E-state index contributed by atoms with van der Waals surface area (Å²) in [7, 11) is -4.18. The number of nitrogens with zero attached hydrogens (tertiary/aromatic N) is 1. The first kappa shape index (κ1) is 27.8. The van der Waals surface area contributed by atoms with Crippen molar-refractivity contribution in [1.82, 2.24) is 10.2 Å². The lowest BCUT2D eigenvalue weighted by atomic mass is 10.0. The third-order valence-electron chi connectivity index (χ3n) is 7.27. The zero-order chi connectivity index (χ0) is 27.4. The molecule has 2 aliphatic heterocycles. The van der Waals surface area contributed by atoms with Crippen molar-refractivity contribution in [1.29, 1.82) is 0 Å². The van der Waals surface area contributed by atoms with Gasteiger partial charge >= 0.3 is 5.97 Å². The van der Waals surface area contributed by atoms with Crippen molar-refractivity contribution in [3.8, 4) is 5.75 Å². The third-order valence-corrected chi connectivity index (χ3v) is 8.74. The molecule has 4 N–H and O–H groups in total. The van der Waals surface area contributed by atoms with Crippen molar-refractivity contribution in [3.05, 3.63) is 52.8 Å². The van der Waals surface area contributed by atoms with Crippen LogP contribution < -0.4 is 14.8 Å². The number of fused-ring (bicyclic) bond motifs is 3. The van der Waals surface area contributed by atoms with Crippen molar-refractivity contribution < 1.29 is 37.3 Å². The Hall–Kier alpha value is -3.22. The van der Waals surface area contributed by atoms with E-state index in [0.717, 1.165) is 44.1 Å². The van der Waals surface area contributed by atoms with E-state index in [1.54, 1.807) is 6.07 Å². The fourth-order valence-electron chi connectivity index (χ4n) is 5.25. The third kappa shape index (κ3) is 6.08. The molecule has 5 rings (SSSR count). The van der Waals surface area contributed by atoms with Crippen LogP contribution in [0.4, 0.5) is 10.1 Å². The van der Waals surface area contributed by atoms with Gasteiger partial charge < -0.3 is 25.2 Å². The van der Waals surface area contributed by atoms with Gasteiger partial charge in [-0.2, -0.15) is 0 Å². The number of likely N-dealkylation sites (N-methyl/N-ethyl adjacent to an activating group) is 1. The molecule has 0 unspecified atom stereocenters. The highest BCUT2D eigenvalue weighted by molar-refractivity contribution is 7.92. The highest BCUT2D eigenvalue weighted by Gasteiger charge is 2.45. The van der Waals surface area contributed by atoms with E-state index in [0.29, 0.717) is 37.1 Å². The van der Waals surface area contributed by atoms with Gasteiger partial charge in [0.2, 0.25) is 0 Å². The number of rotatable bonds is 9. The van der Waals surface area contributed by atoms with E-state index in [-0.39, 0.29) is 34.3 Å². The summed E-state index contributed by atoms with van der Waals surface area (Å²) in [5.74, 6) is -0.888. The fourth-order valence-corrected chi connectivity index (χ4v) is 6.57. The average molecular weight is 550 g/mol. The molecule has 1 aliphatic carbocycles. The number of sulfonamides is 1. The van der Waals surface area contributed by atoms with E-state index in [1.807, 2.05) is 0 Å². The second kappa shape index (κ2) is 11.7. The minimum absolute atomic E-state index is 0.0608. The van der Waals surface area contributed by atoms with Gasteiger partial charge in [-0.25, -0.2) is 17.6 Å². The number of carboxylic acid groups (broad SMARTS) is 2. The molecule has 0 spiro atoms. The molecule has 38 heavy (non-hydrogen) atoms. The average Bonchev–Trinajstić information content (AvgIpc) is 3.53. The molecule has 3 atom stereocenters. The molecule has 2 aromatic carbocycles. The van der Waals surface area contributed by atoms with Gasteiger partial charge in [0.15, 0.2) is 0 Å². The number of ether oxygens (including phenoxy) is 1. The van der Waals surface area contributed by atoms with Gasteiger partial charge in [0.05, 0.1) is 17.2 Å². The monoisotopic (exact) mass is 549 g/mol. The first-order valence-corrected chi connectivity index (χ1v) is 14.0. The van der Waals surface area contributed by atoms with Crippen LogP contribution in [0.25, 0.3) is 0 Å². The number of nitrogens with one attached hydrogen (secondary N) is 2. The molecule has 12 heteroatoms. The van der Waals surface area contributed by atoms with Gasteiger partial charge in [0, 0.05) is 18.5 Å². The Morgan fingerprint density at radius 1 is 1.29 bits per heavy atom. The number of halogens is 1. The van der Waals surface area contributed by atoms with Gasteiger partial charge in [-0.05, 0) is 80.2 Å². The van der Waals surface area contributed by atoms with Gasteiger partial charge in [-0.15, -0.1) is 0 Å². The fraction of sp³-hybridized carbons (Fsp3) is 0.462. The van der Waals surface area contributed by atoms with Gasteiger partial charge in [0.1, 0.15) is 17.1 Å². The van der Waals surface area contributed by atoms with E-state index in [2.05, 4.69) is 21.9 Å². The summed E-state index contributed by atoms with van der Waals surface area (Å²) in [5, 5.41) is 20.2. The van der Waals surface area contributed by atoms with Crippen molar-refractivity contribution >= 4 is 28.2 Å². The molecular weight excluding hydrogens is 517 g/mol. The molecule has 206 valence electrons. The molecule has 0 radical (unpaired) electrons. The molecule has 3 aliphatic rings. The molecule has 2 fully saturated rings. The molecule has 0 amide bonds. The highest BCUT2D eigenvalue weighted by Crippen LogP contribution is 2.55. The molecule has 0 aromatic heterocycles. The van der Waals surface area contributed by atoms with Crippen LogP contribution in [0, 0.1) is 11.7 Å². The minimum Gasteiger partial charge on any atom is -0.492 e. The van der Waals surface area contributed by atoms with E-state index in [4.69, 9.17) is 14.6 Å². The van der Waals surface area contributed by atoms with Gasteiger partial charge in [-0.1, -0.05) is 13.0 Å². The number of anilines is 1. The number of likely N-dealkylation sites (tertiary alicyclic amines) is 1. The number of benzene rings is 2. The molecule has 1 saturated carbocycles. The molecule has 1 saturated heterocycles. The van der Waals surface area contributed by atoms with E-state index < -0.39 is 21.8 Å². The smallest absolute Gasteiger partial charge is 0.341 e. The number of carboxylic acids is 1. The molecular formula is C26H32FN3O7S. The van der Waals surface area contributed by atoms with Crippen LogP contribution in [0.1, 0.15) is 47.2 Å².